The van der Waals surface area contributed by atoms with Crippen LogP contribution in [0.1, 0.15) is 27.5 Å². The van der Waals surface area contributed by atoms with Crippen LogP contribution in [0.2, 0.25) is 0 Å². The van der Waals surface area contributed by atoms with Gasteiger partial charge in [-0.3, -0.25) is 4.79 Å². The molecule has 2 heterocycles. The summed E-state index contributed by atoms with van der Waals surface area (Å²) in [5.41, 5.74) is 16.8. The van der Waals surface area contributed by atoms with Gasteiger partial charge in [0.15, 0.2) is 5.65 Å². The lowest BCUT2D eigenvalue weighted by Gasteiger charge is -2.10. The van der Waals surface area contributed by atoms with Crippen LogP contribution in [-0.2, 0) is 12.8 Å². The number of hydrogen-bond acceptors (Lipinski definition) is 5. The molecule has 0 saturated carbocycles. The van der Waals surface area contributed by atoms with E-state index in [-0.39, 0.29) is 6.04 Å². The van der Waals surface area contributed by atoms with E-state index in [2.05, 4.69) is 34.2 Å². The van der Waals surface area contributed by atoms with E-state index in [1.54, 1.807) is 18.2 Å². The molecule has 0 fully saturated rings. The minimum Gasteiger partial charge on any atom is -0.383 e. The number of amides is 1. The molecule has 0 bridgehead atoms. The van der Waals surface area contributed by atoms with E-state index < -0.39 is 5.91 Å². The molecule has 0 aliphatic heterocycles. The number of rotatable bonds is 3. The van der Waals surface area contributed by atoms with Gasteiger partial charge in [0.2, 0.25) is 5.91 Å². The van der Waals surface area contributed by atoms with E-state index in [0.29, 0.717) is 28.1 Å². The molecule has 0 unspecified atom stereocenters. The Morgan fingerprint density at radius 2 is 1.79 bits per heavy atom. The number of carbonyl (C=O) groups excluding carboxylic acids is 1. The summed E-state index contributed by atoms with van der Waals surface area (Å²) in [5, 5.41) is 5.56. The third kappa shape index (κ3) is 2.51. The van der Waals surface area contributed by atoms with Crippen LogP contribution in [0, 0.1) is 0 Å². The van der Waals surface area contributed by atoms with Crippen molar-refractivity contribution in [1.82, 2.24) is 19.7 Å². The molecule has 7 nitrogen and oxygen atoms in total. The largest absolute Gasteiger partial charge is 0.383 e. The molecule has 2 aromatic heterocycles. The predicted octanol–water partition coefficient (Wildman–Crippen LogP) is 2.51. The van der Waals surface area contributed by atoms with Crippen molar-refractivity contribution in [2.24, 2.45) is 5.73 Å². The minimum absolute atomic E-state index is 0.155. The molecule has 0 saturated heterocycles. The number of fused-ring (bicyclic) bond motifs is 2. The predicted molar refractivity (Wildman–Crippen MR) is 107 cm³/mol. The molecule has 28 heavy (non-hydrogen) atoms. The fraction of sp³-hybridized carbons (Fsp3) is 0.143. The number of nitrogen functional groups attached to an aromatic ring is 1. The molecule has 1 aliphatic rings. The van der Waals surface area contributed by atoms with Gasteiger partial charge in [0.25, 0.3) is 0 Å². The average molecular weight is 370 g/mol. The van der Waals surface area contributed by atoms with Crippen LogP contribution in [0.4, 0.5) is 5.82 Å². The highest BCUT2D eigenvalue weighted by molar-refractivity contribution is 6.00. The van der Waals surface area contributed by atoms with Crippen LogP contribution in [0.5, 0.6) is 0 Å². The van der Waals surface area contributed by atoms with Crippen molar-refractivity contribution in [3.63, 3.8) is 0 Å². The van der Waals surface area contributed by atoms with Crippen LogP contribution >= 0.6 is 0 Å². The third-order valence-electron chi connectivity index (χ3n) is 5.31. The van der Waals surface area contributed by atoms with Gasteiger partial charge >= 0.3 is 0 Å². The van der Waals surface area contributed by atoms with Crippen molar-refractivity contribution in [1.29, 1.82) is 0 Å². The molecular weight excluding hydrogens is 352 g/mol. The number of aromatic nitrogens is 4. The number of hydrogen-bond donors (Lipinski definition) is 2. The molecule has 1 aliphatic carbocycles. The molecule has 4 aromatic rings. The van der Waals surface area contributed by atoms with Crippen molar-refractivity contribution in [3.8, 4) is 11.3 Å². The fourth-order valence-corrected chi connectivity index (χ4v) is 3.98. The molecular formula is C21H18N6O. The average Bonchev–Trinajstić information content (AvgIpc) is 3.30. The second-order valence-electron chi connectivity index (χ2n) is 7.03. The Morgan fingerprint density at radius 1 is 1.04 bits per heavy atom. The number of carbonyl (C=O) groups is 1. The first-order chi connectivity index (χ1) is 13.6. The topological polar surface area (TPSA) is 113 Å². The Labute approximate surface area is 161 Å². The van der Waals surface area contributed by atoms with Gasteiger partial charge in [0, 0.05) is 11.1 Å². The minimum atomic E-state index is -0.485. The van der Waals surface area contributed by atoms with Gasteiger partial charge in [-0.05, 0) is 36.1 Å². The molecule has 4 N–H and O–H groups in total. The second kappa shape index (κ2) is 6.16. The van der Waals surface area contributed by atoms with E-state index in [1.165, 1.54) is 17.5 Å². The summed E-state index contributed by atoms with van der Waals surface area (Å²) < 4.78 is 1.94. The van der Waals surface area contributed by atoms with Crippen LogP contribution < -0.4 is 11.5 Å². The van der Waals surface area contributed by atoms with Gasteiger partial charge in [0.1, 0.15) is 17.8 Å². The van der Waals surface area contributed by atoms with Gasteiger partial charge in [0.05, 0.1) is 11.4 Å². The Bertz CT molecular complexity index is 1200. The molecule has 2 aromatic carbocycles. The lowest BCUT2D eigenvalue weighted by Crippen LogP contribution is -2.12. The summed E-state index contributed by atoms with van der Waals surface area (Å²) in [5.74, 6) is -0.118. The van der Waals surface area contributed by atoms with Crippen LogP contribution in [0.25, 0.3) is 22.3 Å². The van der Waals surface area contributed by atoms with Gasteiger partial charge < -0.3 is 11.5 Å². The highest BCUT2D eigenvalue weighted by Gasteiger charge is 2.27. The standard InChI is InChI=1S/C21H18N6O/c22-19-17-18(14-6-3-7-15(8-14)20(23)28)26-27(21(17)25-11-24-19)16-9-12-4-1-2-5-13(12)10-16/h1-8,11,16H,9-10H2,(H2,23,28)(H2,22,24,25). The molecule has 0 atom stereocenters. The zero-order chi connectivity index (χ0) is 19.3. The van der Waals surface area contributed by atoms with E-state index >= 15 is 0 Å². The number of primary amides is 1. The highest BCUT2D eigenvalue weighted by atomic mass is 16.1. The summed E-state index contributed by atoms with van der Waals surface area (Å²) in [7, 11) is 0. The van der Waals surface area contributed by atoms with Crippen molar-refractivity contribution in [2.75, 3.05) is 5.73 Å². The zero-order valence-corrected chi connectivity index (χ0v) is 15.0. The van der Waals surface area contributed by atoms with Crippen molar-refractivity contribution in [3.05, 3.63) is 71.5 Å². The number of nitrogens with two attached hydrogens (primary N) is 2. The van der Waals surface area contributed by atoms with Crippen LogP contribution in [0.15, 0.2) is 54.9 Å². The Balaban J connectivity index is 1.68. The lowest BCUT2D eigenvalue weighted by molar-refractivity contribution is 0.100. The van der Waals surface area contributed by atoms with Gasteiger partial charge in [-0.1, -0.05) is 36.4 Å². The quantitative estimate of drug-likeness (QED) is 0.575. The number of nitrogens with zero attached hydrogens (tertiary/aromatic N) is 4. The van der Waals surface area contributed by atoms with Crippen molar-refractivity contribution >= 4 is 22.8 Å². The summed E-state index contributed by atoms with van der Waals surface area (Å²) in [6.45, 7) is 0. The molecule has 0 radical (unpaired) electrons. The molecule has 138 valence electrons. The van der Waals surface area contributed by atoms with Crippen molar-refractivity contribution in [2.45, 2.75) is 18.9 Å². The normalized spacial score (nSPS) is 13.7. The third-order valence-corrected chi connectivity index (χ3v) is 5.31. The first-order valence-electron chi connectivity index (χ1n) is 9.07. The maximum absolute atomic E-state index is 11.6. The summed E-state index contributed by atoms with van der Waals surface area (Å²) >= 11 is 0. The maximum atomic E-state index is 11.6. The fourth-order valence-electron chi connectivity index (χ4n) is 3.98. The molecule has 1 amide bonds. The number of benzene rings is 2. The monoisotopic (exact) mass is 370 g/mol. The molecule has 5 rings (SSSR count). The van der Waals surface area contributed by atoms with Gasteiger partial charge in [-0.2, -0.15) is 5.10 Å². The Hall–Kier alpha value is -3.74. The molecule has 0 spiro atoms. The summed E-state index contributed by atoms with van der Waals surface area (Å²) in [6.07, 6.45) is 3.23. The first kappa shape index (κ1) is 16.4. The summed E-state index contributed by atoms with van der Waals surface area (Å²) in [6, 6.07) is 15.7. The zero-order valence-electron chi connectivity index (χ0n) is 15.0. The van der Waals surface area contributed by atoms with E-state index in [9.17, 15) is 4.79 Å². The Morgan fingerprint density at radius 3 is 2.50 bits per heavy atom. The SMILES string of the molecule is NC(=O)c1cccc(-c2nn(C3Cc4ccccc4C3)c3ncnc(N)c23)c1. The lowest BCUT2D eigenvalue weighted by atomic mass is 10.1. The Kier molecular flexibility index (Phi) is 3.61. The van der Waals surface area contributed by atoms with Gasteiger partial charge in [-0.25, -0.2) is 14.6 Å². The van der Waals surface area contributed by atoms with E-state index in [0.717, 1.165) is 18.4 Å². The van der Waals surface area contributed by atoms with Crippen LogP contribution in [0.3, 0.4) is 0 Å². The van der Waals surface area contributed by atoms with Gasteiger partial charge in [-0.15, -0.1) is 0 Å². The van der Waals surface area contributed by atoms with Crippen molar-refractivity contribution < 1.29 is 4.79 Å². The van der Waals surface area contributed by atoms with Crippen LogP contribution in [-0.4, -0.2) is 25.7 Å². The maximum Gasteiger partial charge on any atom is 0.248 e. The molecule has 7 heteroatoms. The smallest absolute Gasteiger partial charge is 0.248 e. The highest BCUT2D eigenvalue weighted by Crippen LogP contribution is 2.36. The summed E-state index contributed by atoms with van der Waals surface area (Å²) in [4.78, 5) is 20.2. The van der Waals surface area contributed by atoms with E-state index in [4.69, 9.17) is 16.6 Å². The number of anilines is 1. The van der Waals surface area contributed by atoms with E-state index in [1.807, 2.05) is 10.7 Å². The first-order valence-corrected chi connectivity index (χ1v) is 9.07. The second-order valence-corrected chi connectivity index (χ2v) is 7.03.